The van der Waals surface area contributed by atoms with Crippen LogP contribution in [0.5, 0.6) is 0 Å². The number of hydrogen-bond donors (Lipinski definition) is 2. The third-order valence-corrected chi connectivity index (χ3v) is 3.73. The Kier molecular flexibility index (Phi) is 3.32. The van der Waals surface area contributed by atoms with Crippen molar-refractivity contribution in [3.63, 3.8) is 0 Å². The predicted molar refractivity (Wildman–Crippen MR) is 68.2 cm³/mol. The Bertz CT molecular complexity index is 334. The average molecular weight is 269 g/mol. The van der Waals surface area contributed by atoms with Crippen molar-refractivity contribution >= 4 is 21.6 Å². The molecule has 0 heterocycles. The van der Waals surface area contributed by atoms with E-state index in [4.69, 9.17) is 0 Å². The summed E-state index contributed by atoms with van der Waals surface area (Å²) in [6.07, 6.45) is 2.68. The maximum Gasteiger partial charge on any atom is 0.0484 e. The molecule has 0 aromatic heterocycles. The van der Waals surface area contributed by atoms with Gasteiger partial charge in [-0.1, -0.05) is 12.1 Å². The van der Waals surface area contributed by atoms with Crippen LogP contribution in [-0.4, -0.2) is 20.1 Å². The molecule has 1 saturated carbocycles. The Hall–Kier alpha value is -0.540. The van der Waals surface area contributed by atoms with Crippen LogP contribution in [0.25, 0.3) is 0 Å². The first-order valence-corrected chi connectivity index (χ1v) is 6.18. The number of anilines is 1. The number of hydrogen-bond acceptors (Lipinski definition) is 2. The van der Waals surface area contributed by atoms with E-state index in [-0.39, 0.29) is 0 Å². The number of rotatable bonds is 5. The second-order valence-electron chi connectivity index (χ2n) is 4.36. The molecule has 0 radical (unpaired) electrons. The number of para-hydroxylation sites is 1. The lowest BCUT2D eigenvalue weighted by Crippen LogP contribution is -2.26. The number of benzene rings is 1. The van der Waals surface area contributed by atoms with Gasteiger partial charge in [-0.3, -0.25) is 0 Å². The highest BCUT2D eigenvalue weighted by Gasteiger charge is 2.41. The van der Waals surface area contributed by atoms with E-state index in [1.54, 1.807) is 0 Å². The third-order valence-electron chi connectivity index (χ3n) is 3.04. The Balaban J connectivity index is 1.91. The lowest BCUT2D eigenvalue weighted by molar-refractivity contribution is 0.507. The van der Waals surface area contributed by atoms with E-state index >= 15 is 0 Å². The van der Waals surface area contributed by atoms with Gasteiger partial charge in [-0.15, -0.1) is 0 Å². The molecule has 2 nitrogen and oxygen atoms in total. The second-order valence-corrected chi connectivity index (χ2v) is 5.22. The van der Waals surface area contributed by atoms with Crippen LogP contribution in [0.3, 0.4) is 0 Å². The van der Waals surface area contributed by atoms with Crippen LogP contribution >= 0.6 is 15.9 Å². The first kappa shape index (κ1) is 11.0. The largest absolute Gasteiger partial charge is 0.384 e. The maximum atomic E-state index is 3.55. The van der Waals surface area contributed by atoms with Crippen molar-refractivity contribution in [3.8, 4) is 0 Å². The fourth-order valence-electron chi connectivity index (χ4n) is 1.86. The van der Waals surface area contributed by atoms with E-state index in [9.17, 15) is 0 Å². The molecule has 0 aliphatic heterocycles. The zero-order valence-corrected chi connectivity index (χ0v) is 10.6. The van der Waals surface area contributed by atoms with Crippen LogP contribution < -0.4 is 10.6 Å². The molecule has 0 amide bonds. The maximum absolute atomic E-state index is 3.55. The molecule has 0 spiro atoms. The molecule has 1 aliphatic carbocycles. The minimum Gasteiger partial charge on any atom is -0.384 e. The van der Waals surface area contributed by atoms with E-state index in [1.807, 2.05) is 13.1 Å². The summed E-state index contributed by atoms with van der Waals surface area (Å²) in [6.45, 7) is 2.18. The number of halogens is 1. The van der Waals surface area contributed by atoms with Gasteiger partial charge in [-0.2, -0.15) is 0 Å². The molecule has 0 saturated heterocycles. The molecule has 1 aromatic carbocycles. The van der Waals surface area contributed by atoms with E-state index in [2.05, 4.69) is 44.8 Å². The molecule has 3 heteroatoms. The van der Waals surface area contributed by atoms with Gasteiger partial charge in [0.15, 0.2) is 0 Å². The summed E-state index contributed by atoms with van der Waals surface area (Å²) in [7, 11) is 2.03. The standard InChI is InChI=1S/C12H17BrN2/c1-14-8-12(6-7-12)9-15-11-5-3-2-4-10(11)13/h2-5,14-15H,6-9H2,1H3. The van der Waals surface area contributed by atoms with Crippen LogP contribution in [-0.2, 0) is 0 Å². The van der Waals surface area contributed by atoms with Crippen molar-refractivity contribution in [2.24, 2.45) is 5.41 Å². The minimum absolute atomic E-state index is 0.504. The molecule has 1 aliphatic rings. The third kappa shape index (κ3) is 2.73. The lowest BCUT2D eigenvalue weighted by atomic mass is 10.1. The van der Waals surface area contributed by atoms with Gasteiger partial charge in [0.2, 0.25) is 0 Å². The quantitative estimate of drug-likeness (QED) is 0.858. The minimum atomic E-state index is 0.504. The summed E-state index contributed by atoms with van der Waals surface area (Å²) in [5.74, 6) is 0. The molecule has 0 unspecified atom stereocenters. The van der Waals surface area contributed by atoms with Gasteiger partial charge < -0.3 is 10.6 Å². The highest BCUT2D eigenvalue weighted by atomic mass is 79.9. The van der Waals surface area contributed by atoms with Gasteiger partial charge >= 0.3 is 0 Å². The van der Waals surface area contributed by atoms with Crippen molar-refractivity contribution in [2.45, 2.75) is 12.8 Å². The molecule has 2 rings (SSSR count). The van der Waals surface area contributed by atoms with E-state index < -0.39 is 0 Å². The topological polar surface area (TPSA) is 24.1 Å². The summed E-state index contributed by atoms with van der Waals surface area (Å²) in [5.41, 5.74) is 1.70. The summed E-state index contributed by atoms with van der Waals surface area (Å²) < 4.78 is 1.14. The SMILES string of the molecule is CNCC1(CNc2ccccc2Br)CC1. The first-order chi connectivity index (χ1) is 7.26. The Morgan fingerprint density at radius 3 is 2.60 bits per heavy atom. The average Bonchev–Trinajstić information content (AvgIpc) is 2.98. The van der Waals surface area contributed by atoms with Crippen molar-refractivity contribution < 1.29 is 0 Å². The van der Waals surface area contributed by atoms with Crippen LogP contribution in [0, 0.1) is 5.41 Å². The van der Waals surface area contributed by atoms with Crippen LogP contribution in [0.15, 0.2) is 28.7 Å². The summed E-state index contributed by atoms with van der Waals surface area (Å²) >= 11 is 3.55. The monoisotopic (exact) mass is 268 g/mol. The molecule has 1 aromatic rings. The molecular formula is C12H17BrN2. The number of nitrogens with one attached hydrogen (secondary N) is 2. The van der Waals surface area contributed by atoms with Gasteiger partial charge in [-0.05, 0) is 48.0 Å². The molecule has 2 N–H and O–H groups in total. The van der Waals surface area contributed by atoms with E-state index in [1.165, 1.54) is 18.5 Å². The lowest BCUT2D eigenvalue weighted by Gasteiger charge is -2.16. The first-order valence-electron chi connectivity index (χ1n) is 5.39. The van der Waals surface area contributed by atoms with Crippen molar-refractivity contribution in [1.29, 1.82) is 0 Å². The highest BCUT2D eigenvalue weighted by Crippen LogP contribution is 2.45. The molecule has 0 atom stereocenters. The van der Waals surface area contributed by atoms with Gasteiger partial charge in [-0.25, -0.2) is 0 Å². The van der Waals surface area contributed by atoms with Crippen LogP contribution in [0.1, 0.15) is 12.8 Å². The summed E-state index contributed by atoms with van der Waals surface area (Å²) in [5, 5.41) is 6.78. The summed E-state index contributed by atoms with van der Waals surface area (Å²) in [6, 6.07) is 8.28. The zero-order valence-electron chi connectivity index (χ0n) is 9.02. The smallest absolute Gasteiger partial charge is 0.0484 e. The van der Waals surface area contributed by atoms with Crippen molar-refractivity contribution in [2.75, 3.05) is 25.5 Å². The Labute approximate surface area is 99.6 Å². The van der Waals surface area contributed by atoms with Crippen molar-refractivity contribution in [3.05, 3.63) is 28.7 Å². The van der Waals surface area contributed by atoms with Crippen LogP contribution in [0.2, 0.25) is 0 Å². The predicted octanol–water partition coefficient (Wildman–Crippen LogP) is 2.86. The van der Waals surface area contributed by atoms with Gasteiger partial charge in [0.05, 0.1) is 0 Å². The Morgan fingerprint density at radius 1 is 1.27 bits per heavy atom. The van der Waals surface area contributed by atoms with Gasteiger partial charge in [0.1, 0.15) is 0 Å². The molecule has 1 fully saturated rings. The fraction of sp³-hybridized carbons (Fsp3) is 0.500. The van der Waals surface area contributed by atoms with Gasteiger partial charge in [0.25, 0.3) is 0 Å². The van der Waals surface area contributed by atoms with Crippen molar-refractivity contribution in [1.82, 2.24) is 5.32 Å². The summed E-state index contributed by atoms with van der Waals surface area (Å²) in [4.78, 5) is 0. The second kappa shape index (κ2) is 4.54. The Morgan fingerprint density at radius 2 is 2.00 bits per heavy atom. The van der Waals surface area contributed by atoms with Crippen LogP contribution in [0.4, 0.5) is 5.69 Å². The zero-order chi connectivity index (χ0) is 10.7. The normalized spacial score (nSPS) is 17.5. The highest BCUT2D eigenvalue weighted by molar-refractivity contribution is 9.10. The molecular weight excluding hydrogens is 252 g/mol. The van der Waals surface area contributed by atoms with E-state index in [0.29, 0.717) is 5.41 Å². The van der Waals surface area contributed by atoms with E-state index in [0.717, 1.165) is 17.6 Å². The fourth-order valence-corrected chi connectivity index (χ4v) is 2.28. The van der Waals surface area contributed by atoms with Gasteiger partial charge in [0, 0.05) is 28.7 Å². The molecule has 82 valence electrons. The molecule has 0 bridgehead atoms. The molecule has 15 heavy (non-hydrogen) atoms.